The van der Waals surface area contributed by atoms with Crippen molar-refractivity contribution >= 4 is 35.4 Å². The Bertz CT molecular complexity index is 2310. The highest BCUT2D eigenvalue weighted by Gasteiger charge is 2.54. The largest absolute Gasteiger partial charge is 0.484 e. The number of nitrogens with one attached hydrogen (secondary N) is 5. The van der Waals surface area contributed by atoms with E-state index in [0.29, 0.717) is 69.2 Å². The van der Waals surface area contributed by atoms with E-state index in [2.05, 4.69) is 26.6 Å². The van der Waals surface area contributed by atoms with Crippen LogP contribution in [0.4, 0.5) is 0 Å². The molecule has 0 radical (unpaired) electrons. The SMILES string of the molecule is NCC[C@H](NC(=O)CNC(=O)CCCCCNC(=O)CCCCCNC(=O)c1cc(OCC(=O)NCCCO[C@@H]2OC(CO)[C@@H](OC3OC(CO)C(O)[C@H](O[C@H]4OC(CO)C(O)[C@@H](O)C4O)[C@@H]3O)C2O)cc(-c2ccccc2)c1)C(N)=O. The summed E-state index contributed by atoms with van der Waals surface area (Å²) in [5, 5.41) is 107. The van der Waals surface area contributed by atoms with Crippen molar-refractivity contribution in [2.45, 2.75) is 156 Å². The smallest absolute Gasteiger partial charge is 0.257 e. The number of carbonyl (C=O) groups excluding carboxylic acids is 6. The van der Waals surface area contributed by atoms with E-state index in [1.54, 1.807) is 12.1 Å². The number of hydrogen-bond acceptors (Lipinski definition) is 23. The number of unbranched alkanes of at least 4 members (excludes halogenated alkanes) is 4. The predicted molar refractivity (Wildman–Crippen MR) is 284 cm³/mol. The minimum absolute atomic E-state index is 0.0726. The molecule has 3 heterocycles. The Morgan fingerprint density at radius 1 is 0.561 bits per heavy atom. The number of rotatable bonds is 35. The van der Waals surface area contributed by atoms with Gasteiger partial charge in [-0.05, 0) is 74.4 Å². The quantitative estimate of drug-likeness (QED) is 0.0287. The monoisotopic (exact) mass is 1170 g/mol. The zero-order valence-corrected chi connectivity index (χ0v) is 45.4. The number of hydrogen-bond donors (Lipinski definition) is 16. The normalized spacial score (nSPS) is 27.4. The molecule has 0 saturated carbocycles. The fourth-order valence-electron chi connectivity index (χ4n) is 9.04. The van der Waals surface area contributed by atoms with Crippen molar-refractivity contribution in [2.24, 2.45) is 11.5 Å². The molecule has 2 aromatic carbocycles. The van der Waals surface area contributed by atoms with Crippen LogP contribution in [0.5, 0.6) is 5.75 Å². The fourth-order valence-corrected chi connectivity index (χ4v) is 9.04. The van der Waals surface area contributed by atoms with Gasteiger partial charge in [-0.1, -0.05) is 43.2 Å². The first kappa shape index (κ1) is 67.2. The maximum Gasteiger partial charge on any atom is 0.257 e. The molecule has 3 fully saturated rings. The lowest BCUT2D eigenvalue weighted by molar-refractivity contribution is -0.366. The lowest BCUT2D eigenvalue weighted by atomic mass is 9.97. The number of carbonyl (C=O) groups is 6. The van der Waals surface area contributed by atoms with Crippen molar-refractivity contribution in [3.63, 3.8) is 0 Å². The third-order valence-corrected chi connectivity index (χ3v) is 13.6. The van der Waals surface area contributed by atoms with Gasteiger partial charge in [-0.2, -0.15) is 0 Å². The third-order valence-electron chi connectivity index (χ3n) is 13.6. The molecule has 3 aliphatic rings. The van der Waals surface area contributed by atoms with Crippen molar-refractivity contribution in [2.75, 3.05) is 65.8 Å². The van der Waals surface area contributed by atoms with Gasteiger partial charge in [-0.15, -0.1) is 0 Å². The van der Waals surface area contributed by atoms with Gasteiger partial charge >= 0.3 is 0 Å². The van der Waals surface area contributed by atoms with E-state index in [0.717, 1.165) is 5.56 Å². The van der Waals surface area contributed by atoms with E-state index < -0.39 is 136 Å². The number of amides is 6. The molecule has 29 heteroatoms. The maximum absolute atomic E-state index is 13.4. The highest BCUT2D eigenvalue weighted by atomic mass is 16.8. The van der Waals surface area contributed by atoms with Crippen LogP contribution in [0.25, 0.3) is 11.1 Å². The number of nitrogens with two attached hydrogens (primary N) is 2. The van der Waals surface area contributed by atoms with E-state index in [9.17, 15) is 74.7 Å². The van der Waals surface area contributed by atoms with Crippen LogP contribution in [0, 0.1) is 0 Å². The van der Waals surface area contributed by atoms with Gasteiger partial charge in [-0.25, -0.2) is 0 Å². The Morgan fingerprint density at radius 3 is 1.78 bits per heavy atom. The molecule has 0 aromatic heterocycles. The van der Waals surface area contributed by atoms with Crippen LogP contribution in [0.1, 0.15) is 74.6 Å². The molecule has 0 bridgehead atoms. The number of aliphatic hydroxyl groups is 9. The van der Waals surface area contributed by atoms with E-state index in [4.69, 9.17) is 44.6 Å². The molecular weight excluding hydrogens is 1090 g/mol. The van der Waals surface area contributed by atoms with E-state index >= 15 is 0 Å². The van der Waals surface area contributed by atoms with Crippen LogP contribution in [0.2, 0.25) is 0 Å². The number of primary amides is 1. The van der Waals surface area contributed by atoms with Gasteiger partial charge in [0.1, 0.15) is 78.9 Å². The molecular formula is C53H81N7O22. The van der Waals surface area contributed by atoms with Crippen LogP contribution in [-0.2, 0) is 52.4 Å². The van der Waals surface area contributed by atoms with Crippen molar-refractivity contribution in [3.05, 3.63) is 54.1 Å². The van der Waals surface area contributed by atoms with Crippen LogP contribution in [-0.4, -0.2) is 239 Å². The first-order valence-corrected chi connectivity index (χ1v) is 27.4. The summed E-state index contributed by atoms with van der Waals surface area (Å²) in [6.45, 7) is -2.05. The van der Waals surface area contributed by atoms with Crippen molar-refractivity contribution in [3.8, 4) is 16.9 Å². The average Bonchev–Trinajstić information content (AvgIpc) is 3.87. The number of aliphatic hydroxyl groups excluding tert-OH is 9. The second-order valence-corrected chi connectivity index (χ2v) is 19.9. The highest BCUT2D eigenvalue weighted by molar-refractivity contribution is 5.96. The van der Waals surface area contributed by atoms with E-state index in [1.165, 1.54) is 6.07 Å². The molecule has 0 spiro atoms. The molecule has 460 valence electrons. The predicted octanol–water partition coefficient (Wildman–Crippen LogP) is -5.26. The Kier molecular flexibility index (Phi) is 28.6. The van der Waals surface area contributed by atoms with Crippen molar-refractivity contribution in [1.82, 2.24) is 26.6 Å². The Balaban J connectivity index is 0.980. The minimum Gasteiger partial charge on any atom is -0.484 e. The van der Waals surface area contributed by atoms with E-state index in [1.807, 2.05) is 30.3 Å². The highest BCUT2D eigenvalue weighted by Crippen LogP contribution is 2.33. The second kappa shape index (κ2) is 34.9. The molecule has 29 nitrogen and oxygen atoms in total. The molecule has 18 N–H and O–H groups in total. The lowest BCUT2D eigenvalue weighted by Gasteiger charge is -2.46. The number of ether oxygens (including phenoxy) is 7. The molecule has 5 rings (SSSR count). The molecule has 3 aliphatic heterocycles. The van der Waals surface area contributed by atoms with Crippen molar-refractivity contribution in [1.29, 1.82) is 0 Å². The summed E-state index contributed by atoms with van der Waals surface area (Å²) < 4.78 is 39.5. The number of benzene rings is 2. The van der Waals surface area contributed by atoms with E-state index in [-0.39, 0.29) is 69.0 Å². The van der Waals surface area contributed by atoms with Gasteiger partial charge in [0.2, 0.25) is 23.6 Å². The molecule has 3 saturated heterocycles. The van der Waals surface area contributed by atoms with Gasteiger partial charge in [-0.3, -0.25) is 28.8 Å². The molecule has 8 unspecified atom stereocenters. The fraction of sp³-hybridized carbons (Fsp3) is 0.660. The summed E-state index contributed by atoms with van der Waals surface area (Å²) in [6.07, 6.45) is -18.2. The second-order valence-electron chi connectivity index (χ2n) is 19.9. The Labute approximate surface area is 473 Å². The summed E-state index contributed by atoms with van der Waals surface area (Å²) >= 11 is 0. The summed E-state index contributed by atoms with van der Waals surface area (Å²) in [4.78, 5) is 74.1. The summed E-state index contributed by atoms with van der Waals surface area (Å²) in [5.74, 6) is -2.29. The Hall–Kier alpha value is -5.58. The first-order chi connectivity index (χ1) is 39.4. The molecule has 6 amide bonds. The van der Waals surface area contributed by atoms with Crippen LogP contribution in [0.15, 0.2) is 48.5 Å². The van der Waals surface area contributed by atoms with Crippen molar-refractivity contribution < 1.29 is 108 Å². The minimum atomic E-state index is -1.92. The van der Waals surface area contributed by atoms with Crippen LogP contribution < -0.4 is 42.8 Å². The average molecular weight is 1170 g/mol. The zero-order chi connectivity index (χ0) is 59.7. The van der Waals surface area contributed by atoms with Gasteiger partial charge in [0.05, 0.1) is 33.0 Å². The molecule has 15 atom stereocenters. The van der Waals surface area contributed by atoms with Gasteiger partial charge in [0.15, 0.2) is 25.5 Å². The topological polar surface area (TPSA) is 461 Å². The van der Waals surface area contributed by atoms with Crippen LogP contribution in [0.3, 0.4) is 0 Å². The summed E-state index contributed by atoms with van der Waals surface area (Å²) in [7, 11) is 0. The van der Waals surface area contributed by atoms with Gasteiger partial charge < -0.3 is 117 Å². The zero-order valence-electron chi connectivity index (χ0n) is 45.4. The summed E-state index contributed by atoms with van der Waals surface area (Å²) in [5.41, 5.74) is 12.4. The third kappa shape index (κ3) is 20.6. The van der Waals surface area contributed by atoms with Gasteiger partial charge in [0.25, 0.3) is 11.8 Å². The molecule has 0 aliphatic carbocycles. The lowest BCUT2D eigenvalue weighted by Crippen LogP contribution is -2.65. The summed E-state index contributed by atoms with van der Waals surface area (Å²) in [6, 6.07) is 13.3. The molecule has 82 heavy (non-hydrogen) atoms. The first-order valence-electron chi connectivity index (χ1n) is 27.4. The Morgan fingerprint density at radius 2 is 1.13 bits per heavy atom. The molecule has 2 aromatic rings. The standard InChI is InChI=1S/C53H81N7O22/c54-16-15-33(49(55)74)60-39(66)24-59-38(65)14-7-2-8-17-56-37(64)13-6-3-9-18-58-50(75)31-21-30(29-11-4-1-5-12-29)22-32(23-31)77-28-40(67)57-19-10-20-76-51-45(72)47(36(27-63)80-51)81-53-46(73)48(42(69)35(26-62)79-53)82-52-44(71)43(70)41(68)34(25-61)78-52/h1,4-5,11-12,21-23,33-36,41-48,51-53,61-63,68-73H,2-3,6-10,13-20,24-28,54H2,(H2,55,74)(H,56,64)(H,57,67)(H,58,75)(H,59,65)(H,60,66)/t33-,34?,35?,36?,41?,42?,43+,44?,45?,46-,47+,48-,51+,52+,53?/m0/s1. The van der Waals surface area contributed by atoms with Crippen LogP contribution >= 0.6 is 0 Å². The maximum atomic E-state index is 13.4. The van der Waals surface area contributed by atoms with Gasteiger partial charge in [0, 0.05) is 38.0 Å².